The number of hydrogen-bond donors (Lipinski definition) is 3. The molecule has 132 valence electrons. The Kier molecular flexibility index (Phi) is 3.20. The van der Waals surface area contributed by atoms with Gasteiger partial charge in [0, 0.05) is 23.0 Å². The number of ether oxygens (including phenoxy) is 2. The number of anilines is 1. The zero-order valence-electron chi connectivity index (χ0n) is 14.0. The summed E-state index contributed by atoms with van der Waals surface area (Å²) in [6, 6.07) is 8.36. The van der Waals surface area contributed by atoms with Crippen molar-refractivity contribution in [1.82, 2.24) is 4.98 Å². The normalized spacial score (nSPS) is 20.3. The number of pyridine rings is 1. The van der Waals surface area contributed by atoms with Crippen molar-refractivity contribution in [2.45, 2.75) is 12.3 Å². The molecule has 2 aromatic rings. The summed E-state index contributed by atoms with van der Waals surface area (Å²) in [5.41, 5.74) is 4.96. The standard InChI is InChI=1S/C18H15N3O5/c1-8-7-11-12(15(22)20-8)18(13(14(19)26-11)16(23)25-2)9-5-3-4-6-10(9)21-17(18)24/h3-7H,19H2,1-2H3,(H,20,22)(H,21,24)/t18-/m1/s1. The molecule has 0 radical (unpaired) electrons. The molecule has 1 spiro atoms. The molecule has 1 amide bonds. The number of aromatic amines is 1. The molecule has 0 bridgehead atoms. The van der Waals surface area contributed by atoms with Crippen molar-refractivity contribution < 1.29 is 19.1 Å². The third kappa shape index (κ3) is 1.81. The average Bonchev–Trinajstić information content (AvgIpc) is 2.86. The van der Waals surface area contributed by atoms with Gasteiger partial charge in [-0.05, 0) is 13.0 Å². The summed E-state index contributed by atoms with van der Waals surface area (Å²) >= 11 is 0. The number of amides is 1. The quantitative estimate of drug-likeness (QED) is 0.647. The van der Waals surface area contributed by atoms with Crippen LogP contribution in [0.25, 0.3) is 0 Å². The van der Waals surface area contributed by atoms with Crippen LogP contribution >= 0.6 is 0 Å². The molecule has 2 aliphatic rings. The van der Waals surface area contributed by atoms with Crippen molar-refractivity contribution in [3.05, 3.63) is 69.0 Å². The van der Waals surface area contributed by atoms with Crippen molar-refractivity contribution in [2.75, 3.05) is 12.4 Å². The number of benzene rings is 1. The number of H-pyrrole nitrogens is 1. The zero-order chi connectivity index (χ0) is 18.6. The highest BCUT2D eigenvalue weighted by Gasteiger charge is 2.60. The average molecular weight is 353 g/mol. The molecule has 0 aliphatic carbocycles. The number of carbonyl (C=O) groups excluding carboxylic acids is 2. The second-order valence-corrected chi connectivity index (χ2v) is 6.10. The van der Waals surface area contributed by atoms with Gasteiger partial charge in [0.05, 0.1) is 12.7 Å². The molecule has 1 aromatic carbocycles. The lowest BCUT2D eigenvalue weighted by molar-refractivity contribution is -0.138. The number of esters is 1. The summed E-state index contributed by atoms with van der Waals surface area (Å²) in [5, 5.41) is 2.73. The Labute approximate surface area is 147 Å². The highest BCUT2D eigenvalue weighted by atomic mass is 16.5. The van der Waals surface area contributed by atoms with Crippen molar-refractivity contribution in [2.24, 2.45) is 5.73 Å². The molecule has 4 N–H and O–H groups in total. The molecule has 26 heavy (non-hydrogen) atoms. The first-order chi connectivity index (χ1) is 12.4. The maximum absolute atomic E-state index is 13.2. The molecule has 8 heteroatoms. The number of para-hydroxylation sites is 1. The van der Waals surface area contributed by atoms with Gasteiger partial charge >= 0.3 is 5.97 Å². The minimum absolute atomic E-state index is 0.000139. The molecule has 4 rings (SSSR count). The van der Waals surface area contributed by atoms with Crippen LogP contribution in [-0.2, 0) is 19.7 Å². The first kappa shape index (κ1) is 15.9. The molecule has 0 saturated carbocycles. The van der Waals surface area contributed by atoms with E-state index in [1.54, 1.807) is 37.3 Å². The van der Waals surface area contributed by atoms with Gasteiger partial charge < -0.3 is 25.5 Å². The number of methoxy groups -OCH3 is 1. The fraction of sp³-hybridized carbons (Fsp3) is 0.167. The summed E-state index contributed by atoms with van der Waals surface area (Å²) in [4.78, 5) is 41.2. The van der Waals surface area contributed by atoms with Gasteiger partial charge in [-0.25, -0.2) is 4.79 Å². The lowest BCUT2D eigenvalue weighted by Gasteiger charge is -2.34. The fourth-order valence-corrected chi connectivity index (χ4v) is 3.68. The minimum atomic E-state index is -1.75. The van der Waals surface area contributed by atoms with Crippen LogP contribution in [0.3, 0.4) is 0 Å². The van der Waals surface area contributed by atoms with Crippen LogP contribution in [0, 0.1) is 6.92 Å². The van der Waals surface area contributed by atoms with E-state index >= 15 is 0 Å². The number of aromatic nitrogens is 1. The van der Waals surface area contributed by atoms with E-state index in [-0.39, 0.29) is 22.8 Å². The highest BCUT2D eigenvalue weighted by Crippen LogP contribution is 2.52. The summed E-state index contributed by atoms with van der Waals surface area (Å²) in [6.07, 6.45) is 0. The van der Waals surface area contributed by atoms with E-state index in [1.807, 2.05) is 0 Å². The third-order valence-electron chi connectivity index (χ3n) is 4.66. The molecule has 1 aromatic heterocycles. The number of carbonyl (C=O) groups is 2. The fourth-order valence-electron chi connectivity index (χ4n) is 3.68. The van der Waals surface area contributed by atoms with E-state index in [2.05, 4.69) is 10.3 Å². The monoisotopic (exact) mass is 353 g/mol. The van der Waals surface area contributed by atoms with Crippen LogP contribution in [0.1, 0.15) is 16.8 Å². The molecule has 8 nitrogen and oxygen atoms in total. The molecule has 0 saturated heterocycles. The van der Waals surface area contributed by atoms with Gasteiger partial charge in [-0.15, -0.1) is 0 Å². The predicted molar refractivity (Wildman–Crippen MR) is 91.5 cm³/mol. The second-order valence-electron chi connectivity index (χ2n) is 6.10. The van der Waals surface area contributed by atoms with Crippen LogP contribution in [0.15, 0.2) is 46.6 Å². The lowest BCUT2D eigenvalue weighted by atomic mass is 9.68. The molecule has 2 aliphatic heterocycles. The van der Waals surface area contributed by atoms with Gasteiger partial charge in [-0.2, -0.15) is 0 Å². The van der Waals surface area contributed by atoms with Crippen molar-refractivity contribution in [3.63, 3.8) is 0 Å². The Morgan fingerprint density at radius 3 is 2.73 bits per heavy atom. The molecular weight excluding hydrogens is 338 g/mol. The van der Waals surface area contributed by atoms with Gasteiger partial charge in [0.2, 0.25) is 11.8 Å². The highest BCUT2D eigenvalue weighted by molar-refractivity contribution is 6.17. The van der Waals surface area contributed by atoms with E-state index in [0.29, 0.717) is 16.9 Å². The van der Waals surface area contributed by atoms with Gasteiger partial charge in [-0.3, -0.25) is 9.59 Å². The van der Waals surface area contributed by atoms with Crippen molar-refractivity contribution >= 4 is 17.6 Å². The topological polar surface area (TPSA) is 124 Å². The summed E-state index contributed by atoms with van der Waals surface area (Å²) in [6.45, 7) is 1.68. The van der Waals surface area contributed by atoms with Crippen molar-refractivity contribution in [3.8, 4) is 5.75 Å². The number of nitrogens with one attached hydrogen (secondary N) is 2. The molecule has 0 unspecified atom stereocenters. The Hall–Kier alpha value is -3.55. The summed E-state index contributed by atoms with van der Waals surface area (Å²) < 4.78 is 10.4. The Bertz CT molecular complexity index is 1070. The van der Waals surface area contributed by atoms with E-state index in [9.17, 15) is 14.4 Å². The largest absolute Gasteiger partial charge is 0.465 e. The number of hydrogen-bond acceptors (Lipinski definition) is 6. The Morgan fingerprint density at radius 1 is 1.27 bits per heavy atom. The number of fused-ring (bicyclic) bond motifs is 4. The minimum Gasteiger partial charge on any atom is -0.465 e. The van der Waals surface area contributed by atoms with E-state index in [0.717, 1.165) is 0 Å². The Balaban J connectivity index is 2.20. The van der Waals surface area contributed by atoms with Gasteiger partial charge in [0.15, 0.2) is 0 Å². The van der Waals surface area contributed by atoms with Crippen LogP contribution in [0.5, 0.6) is 5.75 Å². The predicted octanol–water partition coefficient (Wildman–Crippen LogP) is 0.657. The molecule has 1 atom stereocenters. The van der Waals surface area contributed by atoms with Crippen LogP contribution in [0.2, 0.25) is 0 Å². The third-order valence-corrected chi connectivity index (χ3v) is 4.66. The summed E-state index contributed by atoms with van der Waals surface area (Å²) in [7, 11) is 1.17. The van der Waals surface area contributed by atoms with Crippen LogP contribution in [0.4, 0.5) is 5.69 Å². The van der Waals surface area contributed by atoms with Gasteiger partial charge in [0.25, 0.3) is 5.56 Å². The lowest BCUT2D eigenvalue weighted by Crippen LogP contribution is -2.49. The zero-order valence-corrected chi connectivity index (χ0v) is 14.0. The molecular formula is C18H15N3O5. The number of aryl methyl sites for hydroxylation is 1. The second kappa shape index (κ2) is 5.22. The van der Waals surface area contributed by atoms with Crippen LogP contribution in [-0.4, -0.2) is 24.0 Å². The van der Waals surface area contributed by atoms with Gasteiger partial charge in [0.1, 0.15) is 16.7 Å². The maximum Gasteiger partial charge on any atom is 0.340 e. The Morgan fingerprint density at radius 2 is 2.00 bits per heavy atom. The van der Waals surface area contributed by atoms with E-state index in [1.165, 1.54) is 7.11 Å². The molecule has 0 fully saturated rings. The number of nitrogens with two attached hydrogens (primary N) is 1. The van der Waals surface area contributed by atoms with Crippen molar-refractivity contribution in [1.29, 1.82) is 0 Å². The van der Waals surface area contributed by atoms with Crippen LogP contribution < -0.4 is 21.3 Å². The van der Waals surface area contributed by atoms with E-state index in [4.69, 9.17) is 15.2 Å². The first-order valence-corrected chi connectivity index (χ1v) is 7.83. The van der Waals surface area contributed by atoms with Gasteiger partial charge in [-0.1, -0.05) is 18.2 Å². The smallest absolute Gasteiger partial charge is 0.340 e. The summed E-state index contributed by atoms with van der Waals surface area (Å²) in [5.74, 6) is -1.56. The molecule has 3 heterocycles. The SMILES string of the molecule is COC(=O)C1=C(N)Oc2cc(C)[nH]c(=O)c2[C@@]12C(=O)Nc1ccccc12. The first-order valence-electron chi connectivity index (χ1n) is 7.83. The van der Waals surface area contributed by atoms with E-state index < -0.39 is 22.9 Å². The number of rotatable bonds is 1. The maximum atomic E-state index is 13.2.